The second-order valence-electron chi connectivity index (χ2n) is 9.85. The second-order valence-corrected chi connectivity index (χ2v) is 9.85. The highest BCUT2D eigenvalue weighted by molar-refractivity contribution is 6.01. The molecule has 1 saturated heterocycles. The van der Waals surface area contributed by atoms with Crippen molar-refractivity contribution in [2.75, 3.05) is 18.9 Å². The number of nitrogens with one attached hydrogen (secondary N) is 2. The number of hydrogen-bond donors (Lipinski definition) is 3. The minimum Gasteiger partial charge on any atom is -0.378 e. The zero-order valence-electron chi connectivity index (χ0n) is 21.3. The predicted molar refractivity (Wildman–Crippen MR) is 148 cm³/mol. The first-order chi connectivity index (χ1) is 18.5. The van der Waals surface area contributed by atoms with Crippen molar-refractivity contribution in [2.45, 2.75) is 25.1 Å². The molecule has 3 aromatic heterocycles. The molecule has 0 spiro atoms. The molecule has 2 atom stereocenters. The summed E-state index contributed by atoms with van der Waals surface area (Å²) in [6.45, 7) is 0.725. The fourth-order valence-corrected chi connectivity index (χ4v) is 5.10. The molecule has 1 fully saturated rings. The van der Waals surface area contributed by atoms with Crippen LogP contribution in [0.15, 0.2) is 73.4 Å². The van der Waals surface area contributed by atoms with Crippen molar-refractivity contribution in [1.82, 2.24) is 29.7 Å². The van der Waals surface area contributed by atoms with Gasteiger partial charge in [0.2, 0.25) is 0 Å². The lowest BCUT2D eigenvalue weighted by molar-refractivity contribution is -0.0164. The van der Waals surface area contributed by atoms with Gasteiger partial charge in [0.1, 0.15) is 6.23 Å². The number of amides is 1. The highest BCUT2D eigenvalue weighted by Crippen LogP contribution is 2.33. The summed E-state index contributed by atoms with van der Waals surface area (Å²) in [6, 6.07) is 14.0. The van der Waals surface area contributed by atoms with Crippen molar-refractivity contribution < 1.29 is 9.90 Å². The molecule has 2 unspecified atom stereocenters. The Kier molecular flexibility index (Phi) is 6.22. The molecule has 0 bridgehead atoms. The number of fused-ring (bicyclic) bond motifs is 2. The van der Waals surface area contributed by atoms with Crippen molar-refractivity contribution in [3.63, 3.8) is 0 Å². The summed E-state index contributed by atoms with van der Waals surface area (Å²) in [5, 5.41) is 17.8. The molecular formula is C29H29N7O2. The molecule has 9 heteroatoms. The van der Waals surface area contributed by atoms with Crippen LogP contribution in [0.4, 0.5) is 11.4 Å². The Morgan fingerprint density at radius 2 is 1.92 bits per heavy atom. The molecule has 4 heterocycles. The van der Waals surface area contributed by atoms with Crippen LogP contribution in [0.5, 0.6) is 0 Å². The number of pyridine rings is 1. The van der Waals surface area contributed by atoms with Gasteiger partial charge in [-0.2, -0.15) is 0 Å². The molecule has 9 nitrogen and oxygen atoms in total. The van der Waals surface area contributed by atoms with Crippen LogP contribution in [0.3, 0.4) is 0 Å². The molecule has 0 aliphatic carbocycles. The van der Waals surface area contributed by atoms with Crippen LogP contribution in [-0.4, -0.2) is 61.3 Å². The van der Waals surface area contributed by atoms with Gasteiger partial charge in [-0.1, -0.05) is 12.1 Å². The molecule has 38 heavy (non-hydrogen) atoms. The number of aryl methyl sites for hydroxylation is 1. The third-order valence-electron chi connectivity index (χ3n) is 7.29. The second kappa shape index (κ2) is 9.85. The largest absolute Gasteiger partial charge is 0.378 e. The number of rotatable bonds is 5. The van der Waals surface area contributed by atoms with Gasteiger partial charge in [-0.15, -0.1) is 0 Å². The lowest BCUT2D eigenvalue weighted by atomic mass is 10.0. The smallest absolute Gasteiger partial charge is 0.253 e. The van der Waals surface area contributed by atoms with Crippen molar-refractivity contribution in [3.05, 3.63) is 79.0 Å². The molecule has 6 rings (SSSR count). The van der Waals surface area contributed by atoms with E-state index in [0.717, 1.165) is 46.3 Å². The number of anilines is 2. The van der Waals surface area contributed by atoms with Crippen molar-refractivity contribution in [3.8, 4) is 11.1 Å². The molecule has 5 aromatic rings. The molecule has 3 N–H and O–H groups in total. The SMILES string of the molecule is CN1CCC(NC(=O)c2ccncc2Nc2cc(-c3ccc4ccn(C)c4c3)c3nccnc3c2)CC1O. The number of benzene rings is 2. The Morgan fingerprint density at radius 1 is 1.05 bits per heavy atom. The molecule has 192 valence electrons. The van der Waals surface area contributed by atoms with E-state index in [1.54, 1.807) is 30.9 Å². The first kappa shape index (κ1) is 24.0. The number of carbonyl (C=O) groups excluding carboxylic acids is 1. The summed E-state index contributed by atoms with van der Waals surface area (Å²) in [6.07, 6.45) is 9.39. The van der Waals surface area contributed by atoms with Gasteiger partial charge < -0.3 is 20.3 Å². The Morgan fingerprint density at radius 3 is 2.79 bits per heavy atom. The maximum absolute atomic E-state index is 13.2. The van der Waals surface area contributed by atoms with Gasteiger partial charge in [0.05, 0.1) is 28.5 Å². The Labute approximate surface area is 220 Å². The topological polar surface area (TPSA) is 108 Å². The summed E-state index contributed by atoms with van der Waals surface area (Å²) in [5.74, 6) is -0.202. The van der Waals surface area contributed by atoms with Gasteiger partial charge in [0, 0.05) is 67.6 Å². The monoisotopic (exact) mass is 507 g/mol. The maximum Gasteiger partial charge on any atom is 0.253 e. The standard InChI is InChI=1S/C29H29N7O2/c1-35-11-6-18-3-4-19(13-26(18)35)23-14-21(15-24-28(23)32-10-9-31-24)33-25-17-30-8-5-22(25)29(38)34-20-7-12-36(2)27(37)16-20/h3-6,8-11,13-15,17,20,27,33,37H,7,12,16H2,1-2H3,(H,34,38). The number of piperidine rings is 1. The number of hydrogen-bond acceptors (Lipinski definition) is 7. The van der Waals surface area contributed by atoms with E-state index >= 15 is 0 Å². The number of aromatic nitrogens is 4. The zero-order valence-corrected chi connectivity index (χ0v) is 21.3. The zero-order chi connectivity index (χ0) is 26.2. The Hall–Kier alpha value is -4.34. The molecule has 1 aliphatic heterocycles. The van der Waals surface area contributed by atoms with E-state index in [1.807, 2.05) is 37.3 Å². The lowest BCUT2D eigenvalue weighted by Crippen LogP contribution is -2.48. The van der Waals surface area contributed by atoms with E-state index < -0.39 is 6.23 Å². The minimum absolute atomic E-state index is 0.0929. The average Bonchev–Trinajstić information content (AvgIpc) is 3.30. The van der Waals surface area contributed by atoms with Crippen LogP contribution in [0.1, 0.15) is 23.2 Å². The molecular weight excluding hydrogens is 478 g/mol. The highest BCUT2D eigenvalue weighted by Gasteiger charge is 2.26. The first-order valence-corrected chi connectivity index (χ1v) is 12.7. The quantitative estimate of drug-likeness (QED) is 0.329. The van der Waals surface area contributed by atoms with Gasteiger partial charge in [-0.05, 0) is 54.8 Å². The molecule has 0 saturated carbocycles. The van der Waals surface area contributed by atoms with Crippen LogP contribution in [0.25, 0.3) is 33.1 Å². The van der Waals surface area contributed by atoms with Crippen molar-refractivity contribution in [2.24, 2.45) is 7.05 Å². The number of aliphatic hydroxyl groups is 1. The van der Waals surface area contributed by atoms with E-state index in [4.69, 9.17) is 0 Å². The van der Waals surface area contributed by atoms with Crippen LogP contribution >= 0.6 is 0 Å². The minimum atomic E-state index is -0.559. The van der Waals surface area contributed by atoms with E-state index in [2.05, 4.69) is 54.4 Å². The average molecular weight is 508 g/mol. The number of carbonyl (C=O) groups is 1. The summed E-state index contributed by atoms with van der Waals surface area (Å²) in [5.41, 5.74) is 6.49. The van der Waals surface area contributed by atoms with Crippen molar-refractivity contribution >= 4 is 39.2 Å². The normalized spacial score (nSPS) is 18.1. The summed E-state index contributed by atoms with van der Waals surface area (Å²) < 4.78 is 2.10. The highest BCUT2D eigenvalue weighted by atomic mass is 16.3. The van der Waals surface area contributed by atoms with Crippen LogP contribution in [0, 0.1) is 0 Å². The van der Waals surface area contributed by atoms with E-state index in [0.29, 0.717) is 17.7 Å². The number of nitrogens with zero attached hydrogens (tertiary/aromatic N) is 5. The summed E-state index contributed by atoms with van der Waals surface area (Å²) >= 11 is 0. The fourth-order valence-electron chi connectivity index (χ4n) is 5.10. The van der Waals surface area contributed by atoms with Gasteiger partial charge in [-0.3, -0.25) is 24.6 Å². The maximum atomic E-state index is 13.2. The Bertz CT molecular complexity index is 1650. The molecule has 0 radical (unpaired) electrons. The van der Waals surface area contributed by atoms with Gasteiger partial charge in [0.25, 0.3) is 5.91 Å². The van der Waals surface area contributed by atoms with E-state index in [9.17, 15) is 9.90 Å². The number of aliphatic hydroxyl groups excluding tert-OH is 1. The fraction of sp³-hybridized carbons (Fsp3) is 0.241. The number of likely N-dealkylation sites (tertiary alicyclic amines) is 1. The molecule has 2 aromatic carbocycles. The summed E-state index contributed by atoms with van der Waals surface area (Å²) in [7, 11) is 3.91. The predicted octanol–water partition coefficient (Wildman–Crippen LogP) is 4.07. The van der Waals surface area contributed by atoms with Gasteiger partial charge >= 0.3 is 0 Å². The van der Waals surface area contributed by atoms with Crippen LogP contribution < -0.4 is 10.6 Å². The first-order valence-electron chi connectivity index (χ1n) is 12.7. The van der Waals surface area contributed by atoms with Gasteiger partial charge in [-0.25, -0.2) is 0 Å². The van der Waals surface area contributed by atoms with Crippen LogP contribution in [-0.2, 0) is 7.05 Å². The lowest BCUT2D eigenvalue weighted by Gasteiger charge is -2.34. The van der Waals surface area contributed by atoms with E-state index in [-0.39, 0.29) is 11.9 Å². The third-order valence-corrected chi connectivity index (χ3v) is 7.29. The molecule has 1 aliphatic rings. The summed E-state index contributed by atoms with van der Waals surface area (Å²) in [4.78, 5) is 28.6. The van der Waals surface area contributed by atoms with Crippen molar-refractivity contribution in [1.29, 1.82) is 0 Å². The Balaban J connectivity index is 1.34. The van der Waals surface area contributed by atoms with E-state index in [1.165, 1.54) is 5.39 Å². The van der Waals surface area contributed by atoms with Gasteiger partial charge in [0.15, 0.2) is 0 Å². The third kappa shape index (κ3) is 4.57. The van der Waals surface area contributed by atoms with Crippen LogP contribution in [0.2, 0.25) is 0 Å². The molecule has 1 amide bonds.